The van der Waals surface area contributed by atoms with Crippen molar-refractivity contribution in [3.8, 4) is 0 Å². The van der Waals surface area contributed by atoms with Crippen LogP contribution in [0.1, 0.15) is 28.8 Å². The summed E-state index contributed by atoms with van der Waals surface area (Å²) in [6.07, 6.45) is 1.87. The fourth-order valence-corrected chi connectivity index (χ4v) is 4.64. The molecule has 26 heavy (non-hydrogen) atoms. The molecule has 1 aliphatic heterocycles. The van der Waals surface area contributed by atoms with E-state index in [9.17, 15) is 13.2 Å². The van der Waals surface area contributed by atoms with E-state index in [2.05, 4.69) is 5.32 Å². The molecule has 0 saturated carbocycles. The molecule has 0 spiro atoms. The minimum absolute atomic E-state index is 0.0292. The number of carbonyl (C=O) groups is 1. The Morgan fingerprint density at radius 1 is 1.08 bits per heavy atom. The first-order valence-corrected chi connectivity index (χ1v) is 10.5. The van der Waals surface area contributed by atoms with Gasteiger partial charge in [-0.15, -0.1) is 0 Å². The molecule has 3 rings (SSSR count). The van der Waals surface area contributed by atoms with Crippen LogP contribution in [-0.2, 0) is 15.6 Å². The van der Waals surface area contributed by atoms with Crippen LogP contribution in [0.15, 0.2) is 59.5 Å². The lowest BCUT2D eigenvalue weighted by molar-refractivity contribution is 0.0707. The highest BCUT2D eigenvalue weighted by atomic mass is 32.2. The number of rotatable bonds is 5. The fourth-order valence-electron chi connectivity index (χ4n) is 3.28. The average molecular weight is 372 g/mol. The second-order valence-corrected chi connectivity index (χ2v) is 8.62. The molecule has 1 aliphatic rings. The third kappa shape index (κ3) is 4.31. The summed E-state index contributed by atoms with van der Waals surface area (Å²) in [5, 5.41) is 3.25. The lowest BCUT2D eigenvalue weighted by Gasteiger charge is -2.32. The van der Waals surface area contributed by atoms with E-state index in [4.69, 9.17) is 0 Å². The average Bonchev–Trinajstić information content (AvgIpc) is 2.68. The van der Waals surface area contributed by atoms with Crippen LogP contribution in [0.4, 0.5) is 0 Å². The van der Waals surface area contributed by atoms with Crippen LogP contribution >= 0.6 is 0 Å². The molecule has 1 heterocycles. The smallest absolute Gasteiger partial charge is 0.253 e. The van der Waals surface area contributed by atoms with E-state index in [1.807, 2.05) is 11.9 Å². The van der Waals surface area contributed by atoms with Crippen molar-refractivity contribution in [2.45, 2.75) is 29.5 Å². The number of hydrogen-bond acceptors (Lipinski definition) is 4. The third-order valence-corrected chi connectivity index (χ3v) is 6.53. The van der Waals surface area contributed by atoms with Gasteiger partial charge in [-0.25, -0.2) is 8.42 Å². The van der Waals surface area contributed by atoms with E-state index in [1.54, 1.807) is 54.6 Å². The first-order valence-electron chi connectivity index (χ1n) is 8.83. The highest BCUT2D eigenvalue weighted by Crippen LogP contribution is 2.19. The highest BCUT2D eigenvalue weighted by molar-refractivity contribution is 7.90. The molecule has 138 valence electrons. The van der Waals surface area contributed by atoms with Gasteiger partial charge >= 0.3 is 0 Å². The number of benzene rings is 2. The number of carbonyl (C=O) groups excluding carboxylic acids is 1. The van der Waals surface area contributed by atoms with E-state index >= 15 is 0 Å². The molecular formula is C20H24N2O3S. The van der Waals surface area contributed by atoms with Crippen molar-refractivity contribution in [1.82, 2.24) is 10.2 Å². The van der Waals surface area contributed by atoms with E-state index in [0.717, 1.165) is 25.9 Å². The first-order chi connectivity index (χ1) is 12.5. The largest absolute Gasteiger partial charge is 0.339 e. The summed E-state index contributed by atoms with van der Waals surface area (Å²) in [4.78, 5) is 14.9. The Bertz CT molecular complexity index is 858. The Morgan fingerprint density at radius 3 is 2.42 bits per heavy atom. The molecule has 1 saturated heterocycles. The van der Waals surface area contributed by atoms with Crippen LogP contribution in [0.5, 0.6) is 0 Å². The third-order valence-electron chi connectivity index (χ3n) is 4.82. The zero-order valence-corrected chi connectivity index (χ0v) is 15.7. The summed E-state index contributed by atoms with van der Waals surface area (Å²) in [7, 11) is -1.48. The Morgan fingerprint density at radius 2 is 1.77 bits per heavy atom. The summed E-state index contributed by atoms with van der Waals surface area (Å²) in [6, 6.07) is 15.8. The fraction of sp³-hybridized carbons (Fsp3) is 0.350. The minimum Gasteiger partial charge on any atom is -0.339 e. The molecule has 6 heteroatoms. The molecule has 2 aromatic rings. The summed E-state index contributed by atoms with van der Waals surface area (Å²) >= 11 is 0. The first kappa shape index (κ1) is 18.6. The number of piperidine rings is 1. The molecule has 1 N–H and O–H groups in total. The van der Waals surface area contributed by atoms with Gasteiger partial charge in [-0.2, -0.15) is 0 Å². The molecular weight excluding hydrogens is 348 g/mol. The van der Waals surface area contributed by atoms with Gasteiger partial charge in [-0.3, -0.25) is 4.79 Å². The van der Waals surface area contributed by atoms with Crippen molar-refractivity contribution in [1.29, 1.82) is 0 Å². The van der Waals surface area contributed by atoms with Gasteiger partial charge in [0.1, 0.15) is 0 Å². The topological polar surface area (TPSA) is 66.5 Å². The normalized spacial score (nSPS) is 15.8. The van der Waals surface area contributed by atoms with Gasteiger partial charge < -0.3 is 10.2 Å². The number of likely N-dealkylation sites (tertiary alicyclic amines) is 1. The summed E-state index contributed by atoms with van der Waals surface area (Å²) in [5.74, 6) is -0.140. The summed E-state index contributed by atoms with van der Waals surface area (Å²) < 4.78 is 25.1. The van der Waals surface area contributed by atoms with Gasteiger partial charge in [0.05, 0.1) is 10.6 Å². The molecule has 0 aliphatic carbocycles. The van der Waals surface area contributed by atoms with Crippen molar-refractivity contribution in [3.63, 3.8) is 0 Å². The maximum absolute atomic E-state index is 12.7. The molecule has 0 atom stereocenters. The lowest BCUT2D eigenvalue weighted by Crippen LogP contribution is -2.43. The maximum atomic E-state index is 12.7. The number of hydrogen-bond donors (Lipinski definition) is 1. The van der Waals surface area contributed by atoms with Gasteiger partial charge in [-0.1, -0.05) is 30.3 Å². The number of nitrogens with zero attached hydrogens (tertiary/aromatic N) is 1. The van der Waals surface area contributed by atoms with Crippen LogP contribution in [0.25, 0.3) is 0 Å². The van der Waals surface area contributed by atoms with E-state index in [1.165, 1.54) is 0 Å². The standard InChI is InChI=1S/C20H24N2O3S/c1-21-18-10-12-22(13-11-18)20(23)17-7-5-6-16(14-17)15-26(24,25)19-8-3-2-4-9-19/h2-9,14,18,21H,10-13,15H2,1H3. The monoisotopic (exact) mass is 372 g/mol. The van der Waals surface area contributed by atoms with Crippen LogP contribution in [0.3, 0.4) is 0 Å². The second-order valence-electron chi connectivity index (χ2n) is 6.63. The van der Waals surface area contributed by atoms with E-state index < -0.39 is 9.84 Å². The van der Waals surface area contributed by atoms with Crippen LogP contribution in [-0.4, -0.2) is 45.4 Å². The van der Waals surface area contributed by atoms with Gasteiger partial charge in [0, 0.05) is 24.7 Å². The number of nitrogens with one attached hydrogen (secondary N) is 1. The van der Waals surface area contributed by atoms with Crippen molar-refractivity contribution >= 4 is 15.7 Å². The SMILES string of the molecule is CNC1CCN(C(=O)c2cccc(CS(=O)(=O)c3ccccc3)c2)CC1. The van der Waals surface area contributed by atoms with Crippen LogP contribution in [0.2, 0.25) is 0 Å². The maximum Gasteiger partial charge on any atom is 0.253 e. The Balaban J connectivity index is 1.73. The van der Waals surface area contributed by atoms with E-state index in [-0.39, 0.29) is 11.7 Å². The zero-order valence-electron chi connectivity index (χ0n) is 14.9. The van der Waals surface area contributed by atoms with Gasteiger partial charge in [0.15, 0.2) is 9.84 Å². The summed E-state index contributed by atoms with van der Waals surface area (Å²) in [5.41, 5.74) is 1.18. The molecule has 1 fully saturated rings. The van der Waals surface area contributed by atoms with Gasteiger partial charge in [0.25, 0.3) is 5.91 Å². The second kappa shape index (κ2) is 8.01. The van der Waals surface area contributed by atoms with Crippen molar-refractivity contribution in [3.05, 3.63) is 65.7 Å². The zero-order chi connectivity index (χ0) is 18.6. The molecule has 0 aromatic heterocycles. The molecule has 5 nitrogen and oxygen atoms in total. The molecule has 2 aromatic carbocycles. The molecule has 1 amide bonds. The van der Waals surface area contributed by atoms with Crippen molar-refractivity contribution in [2.75, 3.05) is 20.1 Å². The molecule has 0 radical (unpaired) electrons. The number of amides is 1. The van der Waals surface area contributed by atoms with Crippen molar-refractivity contribution < 1.29 is 13.2 Å². The van der Waals surface area contributed by atoms with E-state index in [0.29, 0.717) is 22.1 Å². The summed E-state index contributed by atoms with van der Waals surface area (Å²) in [6.45, 7) is 1.44. The van der Waals surface area contributed by atoms with Gasteiger partial charge in [-0.05, 0) is 49.7 Å². The molecule has 0 bridgehead atoms. The molecule has 0 unspecified atom stereocenters. The Kier molecular flexibility index (Phi) is 5.74. The Labute approximate surface area is 154 Å². The lowest BCUT2D eigenvalue weighted by atomic mass is 10.0. The van der Waals surface area contributed by atoms with Crippen molar-refractivity contribution in [2.24, 2.45) is 0 Å². The predicted octanol–water partition coefficient (Wildman–Crippen LogP) is 2.48. The van der Waals surface area contributed by atoms with Crippen LogP contribution < -0.4 is 5.32 Å². The van der Waals surface area contributed by atoms with Crippen LogP contribution in [0, 0.1) is 0 Å². The highest BCUT2D eigenvalue weighted by Gasteiger charge is 2.23. The predicted molar refractivity (Wildman–Crippen MR) is 102 cm³/mol. The number of sulfone groups is 1. The minimum atomic E-state index is -3.42. The van der Waals surface area contributed by atoms with Gasteiger partial charge in [0.2, 0.25) is 0 Å². The quantitative estimate of drug-likeness (QED) is 0.876. The Hall–Kier alpha value is -2.18.